The predicted molar refractivity (Wildman–Crippen MR) is 84.7 cm³/mol. The van der Waals surface area contributed by atoms with E-state index in [4.69, 9.17) is 0 Å². The standard InChI is InChI=1S/C15H19N3O6/c1-9-12(5-4-6-13(9)18(23)24)14(20)17(10(2)15(21)22)8-7-16-11(3)19/h4-6,10H,7-8H2,1-3H3,(H,16,19)(H,21,22). The van der Waals surface area contributed by atoms with E-state index in [1.807, 2.05) is 0 Å². The Morgan fingerprint density at radius 2 is 2.00 bits per heavy atom. The number of hydrogen-bond acceptors (Lipinski definition) is 5. The van der Waals surface area contributed by atoms with Gasteiger partial charge in [-0.1, -0.05) is 6.07 Å². The van der Waals surface area contributed by atoms with Crippen molar-refractivity contribution in [1.82, 2.24) is 10.2 Å². The molecule has 0 aromatic heterocycles. The zero-order chi connectivity index (χ0) is 18.4. The van der Waals surface area contributed by atoms with E-state index in [1.165, 1.54) is 39.0 Å². The van der Waals surface area contributed by atoms with Crippen LogP contribution >= 0.6 is 0 Å². The van der Waals surface area contributed by atoms with Gasteiger partial charge in [-0.2, -0.15) is 0 Å². The molecule has 24 heavy (non-hydrogen) atoms. The van der Waals surface area contributed by atoms with Gasteiger partial charge in [-0.15, -0.1) is 0 Å². The number of aliphatic carboxylic acids is 1. The van der Waals surface area contributed by atoms with Crippen LogP contribution in [-0.4, -0.2) is 51.8 Å². The lowest BCUT2D eigenvalue weighted by molar-refractivity contribution is -0.385. The highest BCUT2D eigenvalue weighted by Crippen LogP contribution is 2.23. The van der Waals surface area contributed by atoms with Gasteiger partial charge in [0.25, 0.3) is 11.6 Å². The number of amides is 2. The summed E-state index contributed by atoms with van der Waals surface area (Å²) in [6, 6.07) is 2.90. The summed E-state index contributed by atoms with van der Waals surface area (Å²) < 4.78 is 0. The third-order valence-electron chi connectivity index (χ3n) is 3.54. The molecule has 0 aliphatic heterocycles. The van der Waals surface area contributed by atoms with Crippen molar-refractivity contribution in [2.45, 2.75) is 26.8 Å². The van der Waals surface area contributed by atoms with Crippen LogP contribution in [-0.2, 0) is 9.59 Å². The quantitative estimate of drug-likeness (QED) is 0.563. The third-order valence-corrected chi connectivity index (χ3v) is 3.54. The summed E-state index contributed by atoms with van der Waals surface area (Å²) in [5.41, 5.74) is 0.000352. The molecule has 1 aromatic rings. The number of rotatable bonds is 7. The van der Waals surface area contributed by atoms with Crippen molar-refractivity contribution in [2.75, 3.05) is 13.1 Å². The number of carbonyl (C=O) groups excluding carboxylic acids is 2. The molecule has 1 unspecified atom stereocenters. The average molecular weight is 337 g/mol. The molecule has 1 aromatic carbocycles. The Hall–Kier alpha value is -2.97. The maximum atomic E-state index is 12.7. The first-order chi connectivity index (χ1) is 11.2. The summed E-state index contributed by atoms with van der Waals surface area (Å²) in [6.07, 6.45) is 0. The number of carbonyl (C=O) groups is 3. The zero-order valence-electron chi connectivity index (χ0n) is 13.6. The van der Waals surface area contributed by atoms with E-state index in [0.717, 1.165) is 4.90 Å². The molecule has 0 saturated carbocycles. The number of nitrogens with zero attached hydrogens (tertiary/aromatic N) is 2. The predicted octanol–water partition coefficient (Wildman–Crippen LogP) is 0.955. The van der Waals surface area contributed by atoms with Gasteiger partial charge in [0, 0.05) is 37.2 Å². The fourth-order valence-electron chi connectivity index (χ4n) is 2.16. The van der Waals surface area contributed by atoms with Gasteiger partial charge in [0.1, 0.15) is 6.04 Å². The number of carboxylic acid groups (broad SMARTS) is 1. The van der Waals surface area contributed by atoms with E-state index in [-0.39, 0.29) is 35.8 Å². The summed E-state index contributed by atoms with van der Waals surface area (Å²) in [7, 11) is 0. The molecule has 2 amide bonds. The number of nitrogens with one attached hydrogen (secondary N) is 1. The smallest absolute Gasteiger partial charge is 0.326 e. The lowest BCUT2D eigenvalue weighted by Gasteiger charge is -2.27. The molecule has 0 heterocycles. The van der Waals surface area contributed by atoms with Crippen molar-refractivity contribution in [2.24, 2.45) is 0 Å². The largest absolute Gasteiger partial charge is 0.480 e. The summed E-state index contributed by atoms with van der Waals surface area (Å²) >= 11 is 0. The highest BCUT2D eigenvalue weighted by atomic mass is 16.6. The van der Waals surface area contributed by atoms with Crippen LogP contribution in [0.25, 0.3) is 0 Å². The van der Waals surface area contributed by atoms with Crippen molar-refractivity contribution >= 4 is 23.5 Å². The van der Waals surface area contributed by atoms with Gasteiger partial charge >= 0.3 is 5.97 Å². The van der Waals surface area contributed by atoms with E-state index in [1.54, 1.807) is 0 Å². The first-order valence-corrected chi connectivity index (χ1v) is 7.19. The number of nitro groups is 1. The second-order valence-corrected chi connectivity index (χ2v) is 5.20. The van der Waals surface area contributed by atoms with Gasteiger partial charge in [0.2, 0.25) is 5.91 Å². The molecule has 9 heteroatoms. The molecular weight excluding hydrogens is 318 g/mol. The minimum absolute atomic E-state index is 0.0337. The second kappa shape index (κ2) is 8.04. The van der Waals surface area contributed by atoms with Crippen molar-refractivity contribution in [3.8, 4) is 0 Å². The number of benzene rings is 1. The van der Waals surface area contributed by atoms with Crippen LogP contribution in [0.1, 0.15) is 29.8 Å². The number of hydrogen-bond donors (Lipinski definition) is 2. The van der Waals surface area contributed by atoms with Crippen LogP contribution in [0.15, 0.2) is 18.2 Å². The molecule has 0 aliphatic rings. The Morgan fingerprint density at radius 3 is 2.50 bits per heavy atom. The van der Waals surface area contributed by atoms with Crippen LogP contribution in [0.4, 0.5) is 5.69 Å². The van der Waals surface area contributed by atoms with E-state index in [9.17, 15) is 29.6 Å². The lowest BCUT2D eigenvalue weighted by Crippen LogP contribution is -2.47. The zero-order valence-corrected chi connectivity index (χ0v) is 13.6. The third kappa shape index (κ3) is 4.51. The first-order valence-electron chi connectivity index (χ1n) is 7.19. The van der Waals surface area contributed by atoms with Crippen molar-refractivity contribution in [3.05, 3.63) is 39.4 Å². The van der Waals surface area contributed by atoms with Crippen LogP contribution in [0.3, 0.4) is 0 Å². The highest BCUT2D eigenvalue weighted by Gasteiger charge is 2.28. The van der Waals surface area contributed by atoms with Crippen molar-refractivity contribution in [3.63, 3.8) is 0 Å². The Labute approximate surface area is 138 Å². The maximum absolute atomic E-state index is 12.7. The van der Waals surface area contributed by atoms with Gasteiger partial charge in [-0.3, -0.25) is 19.7 Å². The minimum Gasteiger partial charge on any atom is -0.480 e. The van der Waals surface area contributed by atoms with Crippen LogP contribution in [0, 0.1) is 17.0 Å². The molecule has 1 rings (SSSR count). The van der Waals surface area contributed by atoms with Crippen molar-refractivity contribution < 1.29 is 24.4 Å². The van der Waals surface area contributed by atoms with Crippen LogP contribution in [0.5, 0.6) is 0 Å². The molecule has 9 nitrogen and oxygen atoms in total. The number of carboxylic acids is 1. The fraction of sp³-hybridized carbons (Fsp3) is 0.400. The summed E-state index contributed by atoms with van der Waals surface area (Å²) in [5.74, 6) is -2.16. The summed E-state index contributed by atoms with van der Waals surface area (Å²) in [5, 5.41) is 22.7. The fourth-order valence-corrected chi connectivity index (χ4v) is 2.16. The van der Waals surface area contributed by atoms with E-state index < -0.39 is 22.8 Å². The molecule has 2 N–H and O–H groups in total. The molecule has 0 spiro atoms. The normalized spacial score (nSPS) is 11.5. The molecular formula is C15H19N3O6. The monoisotopic (exact) mass is 337 g/mol. The average Bonchev–Trinajstić information content (AvgIpc) is 2.50. The van der Waals surface area contributed by atoms with Crippen LogP contribution in [0.2, 0.25) is 0 Å². The van der Waals surface area contributed by atoms with Crippen molar-refractivity contribution in [1.29, 1.82) is 0 Å². The van der Waals surface area contributed by atoms with Gasteiger partial charge in [-0.25, -0.2) is 4.79 Å². The maximum Gasteiger partial charge on any atom is 0.326 e. The Morgan fingerprint density at radius 1 is 1.38 bits per heavy atom. The summed E-state index contributed by atoms with van der Waals surface area (Å²) in [4.78, 5) is 46.3. The Bertz CT molecular complexity index is 673. The van der Waals surface area contributed by atoms with Crippen LogP contribution < -0.4 is 5.32 Å². The highest BCUT2D eigenvalue weighted by molar-refractivity contribution is 5.98. The lowest BCUT2D eigenvalue weighted by atomic mass is 10.0. The second-order valence-electron chi connectivity index (χ2n) is 5.20. The summed E-state index contributed by atoms with van der Waals surface area (Å²) in [6.45, 7) is 4.11. The molecule has 0 bridgehead atoms. The molecule has 130 valence electrons. The van der Waals surface area contributed by atoms with Gasteiger partial charge in [0.15, 0.2) is 0 Å². The molecule has 0 fully saturated rings. The van der Waals surface area contributed by atoms with E-state index >= 15 is 0 Å². The molecule has 0 saturated heterocycles. The van der Waals surface area contributed by atoms with Gasteiger partial charge in [0.05, 0.1) is 4.92 Å². The minimum atomic E-state index is -1.21. The topological polar surface area (TPSA) is 130 Å². The number of nitro benzene ring substituents is 1. The van der Waals surface area contributed by atoms with E-state index in [2.05, 4.69) is 5.32 Å². The molecule has 0 radical (unpaired) electrons. The van der Waals surface area contributed by atoms with E-state index in [0.29, 0.717) is 0 Å². The Balaban J connectivity index is 3.16. The molecule has 0 aliphatic carbocycles. The Kier molecular flexibility index (Phi) is 6.39. The van der Waals surface area contributed by atoms with Gasteiger partial charge in [-0.05, 0) is 19.9 Å². The molecule has 1 atom stereocenters. The first kappa shape index (κ1) is 19.1. The SMILES string of the molecule is CC(=O)NCCN(C(=O)c1cccc([N+](=O)[O-])c1C)C(C)C(=O)O. The van der Waals surface area contributed by atoms with Gasteiger partial charge < -0.3 is 15.3 Å².